The Kier molecular flexibility index (Phi) is 6.92. The average Bonchev–Trinajstić information content (AvgIpc) is 2.46. The van der Waals surface area contributed by atoms with Crippen LogP contribution in [-0.2, 0) is 14.3 Å². The number of esters is 2. The van der Waals surface area contributed by atoms with Crippen molar-refractivity contribution in [2.45, 2.75) is 27.7 Å². The summed E-state index contributed by atoms with van der Waals surface area (Å²) in [7, 11) is 0. The van der Waals surface area contributed by atoms with Gasteiger partial charge in [0.25, 0.3) is 11.5 Å². The minimum Gasteiger partial charge on any atom is -0.506 e. The normalized spacial score (nSPS) is 11.0. The first-order valence-electron chi connectivity index (χ1n) is 7.52. The van der Waals surface area contributed by atoms with Crippen molar-refractivity contribution < 1.29 is 29.0 Å². The number of aromatic nitrogens is 1. The summed E-state index contributed by atoms with van der Waals surface area (Å²) in [5, 5.41) is 12.5. The lowest BCUT2D eigenvalue weighted by atomic mass is 10.1. The number of aromatic hydroxyl groups is 1. The molecular weight excluding hydrogens is 332 g/mol. The summed E-state index contributed by atoms with van der Waals surface area (Å²) in [6.07, 6.45) is 1.02. The molecule has 0 bridgehead atoms. The number of ether oxygens (including phenoxy) is 2. The zero-order valence-electron chi connectivity index (χ0n) is 14.4. The molecule has 3 N–H and O–H groups in total. The number of carbonyl (C=O) groups is 3. The van der Waals surface area contributed by atoms with Crippen LogP contribution in [0.4, 0.5) is 0 Å². The predicted molar refractivity (Wildman–Crippen MR) is 87.3 cm³/mol. The summed E-state index contributed by atoms with van der Waals surface area (Å²) in [6, 6.07) is 0. The van der Waals surface area contributed by atoms with Crippen LogP contribution in [0, 0.1) is 6.92 Å². The van der Waals surface area contributed by atoms with Crippen LogP contribution in [0.15, 0.2) is 16.6 Å². The van der Waals surface area contributed by atoms with Gasteiger partial charge < -0.3 is 24.9 Å². The van der Waals surface area contributed by atoms with Gasteiger partial charge in [-0.2, -0.15) is 0 Å². The third kappa shape index (κ3) is 4.93. The lowest BCUT2D eigenvalue weighted by Gasteiger charge is -2.11. The monoisotopic (exact) mass is 352 g/mol. The summed E-state index contributed by atoms with van der Waals surface area (Å²) < 4.78 is 9.49. The van der Waals surface area contributed by atoms with Crippen LogP contribution in [0.1, 0.15) is 47.2 Å². The Labute approximate surface area is 143 Å². The van der Waals surface area contributed by atoms with Crippen molar-refractivity contribution in [2.75, 3.05) is 13.2 Å². The highest BCUT2D eigenvalue weighted by Gasteiger charge is 2.26. The molecule has 0 aliphatic rings. The second-order valence-electron chi connectivity index (χ2n) is 4.93. The van der Waals surface area contributed by atoms with Crippen LogP contribution in [0.2, 0.25) is 0 Å². The van der Waals surface area contributed by atoms with Gasteiger partial charge in [-0.3, -0.25) is 9.59 Å². The van der Waals surface area contributed by atoms with Crippen molar-refractivity contribution in [3.05, 3.63) is 38.9 Å². The molecule has 0 saturated carbocycles. The lowest BCUT2D eigenvalue weighted by molar-refractivity contribution is -0.137. The van der Waals surface area contributed by atoms with E-state index in [-0.39, 0.29) is 30.2 Å². The van der Waals surface area contributed by atoms with E-state index in [1.807, 2.05) is 0 Å². The van der Waals surface area contributed by atoms with Crippen molar-refractivity contribution >= 4 is 17.8 Å². The predicted octanol–water partition coefficient (Wildman–Crippen LogP) is 0.762. The molecule has 25 heavy (non-hydrogen) atoms. The minimum atomic E-state index is -0.984. The smallest absolute Gasteiger partial charge is 0.343 e. The molecule has 0 atom stereocenters. The molecule has 0 aliphatic heterocycles. The van der Waals surface area contributed by atoms with Crippen LogP contribution in [0.25, 0.3) is 0 Å². The molecule has 1 amide bonds. The van der Waals surface area contributed by atoms with E-state index in [2.05, 4.69) is 10.3 Å². The molecule has 0 spiro atoms. The van der Waals surface area contributed by atoms with Crippen molar-refractivity contribution in [3.63, 3.8) is 0 Å². The Morgan fingerprint density at radius 3 is 2.32 bits per heavy atom. The number of pyridine rings is 1. The highest BCUT2D eigenvalue weighted by molar-refractivity contribution is 6.03. The number of hydrogen-bond donors (Lipinski definition) is 3. The van der Waals surface area contributed by atoms with Crippen LogP contribution in [0.5, 0.6) is 5.75 Å². The third-order valence-electron chi connectivity index (χ3n) is 3.01. The van der Waals surface area contributed by atoms with E-state index in [0.717, 1.165) is 6.08 Å². The van der Waals surface area contributed by atoms with Gasteiger partial charge in [-0.05, 0) is 27.7 Å². The lowest BCUT2D eigenvalue weighted by Crippen LogP contribution is -2.30. The Morgan fingerprint density at radius 2 is 1.76 bits per heavy atom. The number of nitrogens with one attached hydrogen (secondary N) is 2. The number of allylic oxidation sites excluding steroid dienone is 1. The number of hydrogen-bond acceptors (Lipinski definition) is 7. The molecule has 9 nitrogen and oxygen atoms in total. The van der Waals surface area contributed by atoms with E-state index in [9.17, 15) is 24.3 Å². The van der Waals surface area contributed by atoms with Gasteiger partial charge >= 0.3 is 11.9 Å². The van der Waals surface area contributed by atoms with Gasteiger partial charge in [-0.1, -0.05) is 0 Å². The summed E-state index contributed by atoms with van der Waals surface area (Å²) in [5.41, 5.74) is -1.69. The highest BCUT2D eigenvalue weighted by Crippen LogP contribution is 2.22. The van der Waals surface area contributed by atoms with Crippen molar-refractivity contribution in [1.29, 1.82) is 0 Å². The number of carbonyl (C=O) groups excluding carboxylic acids is 3. The first-order valence-corrected chi connectivity index (χ1v) is 7.52. The fraction of sp³-hybridized carbons (Fsp3) is 0.375. The van der Waals surface area contributed by atoms with Gasteiger partial charge in [0.05, 0.1) is 13.2 Å². The third-order valence-corrected chi connectivity index (χ3v) is 3.01. The van der Waals surface area contributed by atoms with E-state index >= 15 is 0 Å². The number of aryl methyl sites for hydroxylation is 1. The second-order valence-corrected chi connectivity index (χ2v) is 4.93. The standard InChI is InChI=1S/C16H20N2O7/c1-5-24-10(19)7-8(3)17-14(21)12-13(20)11(16(23)25-6-2)9(4)18-15(12)22/h7H,5-6H2,1-4H3,(H,17,21)(H2,18,20,22)/b8-7+. The van der Waals surface area contributed by atoms with Crippen LogP contribution >= 0.6 is 0 Å². The maximum absolute atomic E-state index is 12.2. The molecule has 0 radical (unpaired) electrons. The quantitative estimate of drug-likeness (QED) is 0.508. The van der Waals surface area contributed by atoms with Crippen molar-refractivity contribution in [3.8, 4) is 5.75 Å². The maximum Gasteiger partial charge on any atom is 0.343 e. The molecule has 0 fully saturated rings. The minimum absolute atomic E-state index is 0.0553. The molecule has 1 aromatic heterocycles. The van der Waals surface area contributed by atoms with Gasteiger partial charge in [0.1, 0.15) is 16.9 Å². The van der Waals surface area contributed by atoms with E-state index in [0.29, 0.717) is 0 Å². The molecule has 9 heteroatoms. The Balaban J connectivity index is 3.22. The molecule has 136 valence electrons. The maximum atomic E-state index is 12.2. The van der Waals surface area contributed by atoms with Gasteiger partial charge in [0.15, 0.2) is 0 Å². The molecule has 0 unspecified atom stereocenters. The van der Waals surface area contributed by atoms with E-state index < -0.39 is 34.7 Å². The largest absolute Gasteiger partial charge is 0.506 e. The van der Waals surface area contributed by atoms with E-state index in [1.165, 1.54) is 13.8 Å². The van der Waals surface area contributed by atoms with Crippen LogP contribution < -0.4 is 10.9 Å². The summed E-state index contributed by atoms with van der Waals surface area (Å²) in [5.74, 6) is -3.32. The summed E-state index contributed by atoms with van der Waals surface area (Å²) in [6.45, 7) is 6.21. The van der Waals surface area contributed by atoms with E-state index in [1.54, 1.807) is 13.8 Å². The van der Waals surface area contributed by atoms with Crippen LogP contribution in [-0.4, -0.2) is 41.2 Å². The Morgan fingerprint density at radius 1 is 1.16 bits per heavy atom. The zero-order chi connectivity index (χ0) is 19.1. The molecule has 1 heterocycles. The van der Waals surface area contributed by atoms with Crippen LogP contribution in [0.3, 0.4) is 0 Å². The molecule has 1 aromatic rings. The zero-order valence-corrected chi connectivity index (χ0v) is 14.4. The molecule has 0 aliphatic carbocycles. The number of amides is 1. The van der Waals surface area contributed by atoms with Crippen molar-refractivity contribution in [2.24, 2.45) is 0 Å². The Bertz CT molecular complexity index is 777. The van der Waals surface area contributed by atoms with Gasteiger partial charge in [0, 0.05) is 17.5 Å². The first-order chi connectivity index (χ1) is 11.7. The fourth-order valence-electron chi connectivity index (χ4n) is 2.01. The summed E-state index contributed by atoms with van der Waals surface area (Å²) in [4.78, 5) is 49.8. The second kappa shape index (κ2) is 8.67. The summed E-state index contributed by atoms with van der Waals surface area (Å²) >= 11 is 0. The fourth-order valence-corrected chi connectivity index (χ4v) is 2.01. The van der Waals surface area contributed by atoms with Crippen molar-refractivity contribution in [1.82, 2.24) is 10.3 Å². The average molecular weight is 352 g/mol. The SMILES string of the molecule is CCOC(=O)/C=C(\C)NC(=O)c1c(O)c(C(=O)OCC)c(C)[nH]c1=O. The highest BCUT2D eigenvalue weighted by atomic mass is 16.5. The van der Waals surface area contributed by atoms with Gasteiger partial charge in [0.2, 0.25) is 0 Å². The van der Waals surface area contributed by atoms with Gasteiger partial charge in [-0.15, -0.1) is 0 Å². The topological polar surface area (TPSA) is 135 Å². The van der Waals surface area contributed by atoms with E-state index in [4.69, 9.17) is 9.47 Å². The first kappa shape index (κ1) is 19.9. The molecule has 0 saturated heterocycles. The molecular formula is C16H20N2O7. The molecule has 1 rings (SSSR count). The number of rotatable bonds is 6. The molecule has 0 aromatic carbocycles. The Hall–Kier alpha value is -3.10. The number of aromatic amines is 1. The van der Waals surface area contributed by atoms with Gasteiger partial charge in [-0.25, -0.2) is 9.59 Å². The number of H-pyrrole nitrogens is 1.